The molecule has 0 aliphatic rings. The topological polar surface area (TPSA) is 38.0 Å². The fraction of sp³-hybridized carbons (Fsp3) is 0.625. The summed E-state index contributed by atoms with van der Waals surface area (Å²) in [5.41, 5.74) is 9.65. The van der Waals surface area contributed by atoms with E-state index in [4.69, 9.17) is 5.73 Å². The maximum Gasteiger partial charge on any atom is 0.0467 e. The van der Waals surface area contributed by atoms with Gasteiger partial charge in [0.25, 0.3) is 0 Å². The molecule has 0 amide bonds. The first-order chi connectivity index (χ1) is 8.91. The number of nitrogens with two attached hydrogens (primary N) is 1. The van der Waals surface area contributed by atoms with Gasteiger partial charge in [0.05, 0.1) is 0 Å². The molecule has 0 heterocycles. The molecule has 1 unspecified atom stereocenters. The van der Waals surface area contributed by atoms with Gasteiger partial charge in [-0.25, -0.2) is 0 Å². The smallest absolute Gasteiger partial charge is 0.0467 e. The molecule has 0 fully saturated rings. The third-order valence-electron chi connectivity index (χ3n) is 3.67. The van der Waals surface area contributed by atoms with E-state index in [9.17, 15) is 0 Å². The Balaban J connectivity index is 2.80. The van der Waals surface area contributed by atoms with Crippen LogP contribution < -0.4 is 11.1 Å². The number of nitrogens with one attached hydrogen (secondary N) is 1. The molecular weight excluding hydrogens is 300 g/mol. The Morgan fingerprint density at radius 3 is 2.26 bits per heavy atom. The van der Waals surface area contributed by atoms with Crippen LogP contribution in [0, 0.1) is 13.8 Å². The number of benzene rings is 1. The minimum atomic E-state index is -0.0120. The van der Waals surface area contributed by atoms with Crippen LogP contribution in [0.3, 0.4) is 0 Å². The number of rotatable bonds is 7. The van der Waals surface area contributed by atoms with Crippen LogP contribution in [-0.2, 0) is 0 Å². The molecule has 0 aliphatic heterocycles. The molecule has 3 heteroatoms. The molecule has 108 valence electrons. The molecule has 19 heavy (non-hydrogen) atoms. The molecule has 2 nitrogen and oxygen atoms in total. The molecule has 0 aliphatic carbocycles. The first-order valence-electron chi connectivity index (χ1n) is 7.17. The van der Waals surface area contributed by atoms with Crippen LogP contribution in [0.2, 0.25) is 0 Å². The number of unbranched alkanes of at least 4 members (excludes halogenated alkanes) is 2. The van der Waals surface area contributed by atoms with Gasteiger partial charge in [-0.2, -0.15) is 0 Å². The van der Waals surface area contributed by atoms with Crippen LogP contribution in [0.1, 0.15) is 50.7 Å². The highest BCUT2D eigenvalue weighted by atomic mass is 79.9. The maximum atomic E-state index is 5.97. The van der Waals surface area contributed by atoms with E-state index in [0.29, 0.717) is 6.54 Å². The average Bonchev–Trinajstić information content (AvgIpc) is 2.36. The summed E-state index contributed by atoms with van der Waals surface area (Å²) in [6, 6.07) is 4.37. The van der Waals surface area contributed by atoms with Gasteiger partial charge in [0.2, 0.25) is 0 Å². The lowest BCUT2D eigenvalue weighted by molar-refractivity contribution is 0.455. The van der Waals surface area contributed by atoms with Crippen molar-refractivity contribution in [3.63, 3.8) is 0 Å². The summed E-state index contributed by atoms with van der Waals surface area (Å²) in [6.07, 6.45) is 4.87. The van der Waals surface area contributed by atoms with Crippen LogP contribution >= 0.6 is 15.9 Å². The molecule has 0 spiro atoms. The first-order valence-corrected chi connectivity index (χ1v) is 7.96. The first kappa shape index (κ1) is 16.5. The molecule has 3 N–H and O–H groups in total. The highest BCUT2D eigenvalue weighted by Crippen LogP contribution is 2.28. The van der Waals surface area contributed by atoms with Crippen molar-refractivity contribution in [3.8, 4) is 0 Å². The van der Waals surface area contributed by atoms with E-state index >= 15 is 0 Å². The van der Waals surface area contributed by atoms with Crippen molar-refractivity contribution >= 4 is 21.6 Å². The number of aryl methyl sites for hydroxylation is 2. The molecule has 1 atom stereocenters. The van der Waals surface area contributed by atoms with Crippen molar-refractivity contribution in [3.05, 3.63) is 27.7 Å². The summed E-state index contributed by atoms with van der Waals surface area (Å²) < 4.78 is 1.19. The Bertz CT molecular complexity index is 394. The van der Waals surface area contributed by atoms with Gasteiger partial charge in [0.15, 0.2) is 0 Å². The van der Waals surface area contributed by atoms with Crippen LogP contribution in [-0.4, -0.2) is 12.1 Å². The predicted octanol–water partition coefficient (Wildman–Crippen LogP) is 4.78. The van der Waals surface area contributed by atoms with Gasteiger partial charge < -0.3 is 11.1 Å². The molecule has 1 aromatic carbocycles. The number of anilines is 1. The summed E-state index contributed by atoms with van der Waals surface area (Å²) >= 11 is 3.61. The Hall–Kier alpha value is -0.540. The second kappa shape index (κ2) is 7.30. The summed E-state index contributed by atoms with van der Waals surface area (Å²) in [6.45, 7) is 9.35. The van der Waals surface area contributed by atoms with Crippen LogP contribution in [0.5, 0.6) is 0 Å². The summed E-state index contributed by atoms with van der Waals surface area (Å²) in [5.74, 6) is 0. The lowest BCUT2D eigenvalue weighted by Gasteiger charge is -2.31. The van der Waals surface area contributed by atoms with Crippen molar-refractivity contribution in [1.29, 1.82) is 0 Å². The van der Waals surface area contributed by atoms with Crippen molar-refractivity contribution < 1.29 is 0 Å². The largest absolute Gasteiger partial charge is 0.379 e. The fourth-order valence-corrected chi connectivity index (χ4v) is 2.58. The molecule has 1 rings (SSSR count). The van der Waals surface area contributed by atoms with Crippen molar-refractivity contribution in [2.24, 2.45) is 5.73 Å². The summed E-state index contributed by atoms with van der Waals surface area (Å²) in [7, 11) is 0. The Kier molecular flexibility index (Phi) is 6.34. The third-order valence-corrected chi connectivity index (χ3v) is 4.92. The molecule has 1 aromatic rings. The van der Waals surface area contributed by atoms with E-state index in [2.05, 4.69) is 61.1 Å². The zero-order valence-corrected chi connectivity index (χ0v) is 14.2. The number of hydrogen-bond acceptors (Lipinski definition) is 2. The van der Waals surface area contributed by atoms with E-state index < -0.39 is 0 Å². The van der Waals surface area contributed by atoms with Crippen molar-refractivity contribution in [2.45, 2.75) is 58.9 Å². The molecule has 0 saturated carbocycles. The monoisotopic (exact) mass is 326 g/mol. The van der Waals surface area contributed by atoms with Gasteiger partial charge in [-0.3, -0.25) is 0 Å². The standard InChI is InChI=1S/C16H27BrN2/c1-5-6-7-8-16(4,11-18)19-14-9-12(2)15(17)13(3)10-14/h9-10,19H,5-8,11,18H2,1-4H3. The van der Waals surface area contributed by atoms with E-state index in [1.54, 1.807) is 0 Å². The van der Waals surface area contributed by atoms with E-state index in [1.807, 2.05) is 0 Å². The second-order valence-corrected chi connectivity index (χ2v) is 6.56. The lowest BCUT2D eigenvalue weighted by atomic mass is 9.93. The highest BCUT2D eigenvalue weighted by Gasteiger charge is 2.21. The van der Waals surface area contributed by atoms with Crippen molar-refractivity contribution in [2.75, 3.05) is 11.9 Å². The highest BCUT2D eigenvalue weighted by molar-refractivity contribution is 9.10. The Morgan fingerprint density at radius 1 is 1.21 bits per heavy atom. The van der Waals surface area contributed by atoms with Gasteiger partial charge in [-0.15, -0.1) is 0 Å². The van der Waals surface area contributed by atoms with Gasteiger partial charge in [-0.1, -0.05) is 42.1 Å². The molecule has 0 bridgehead atoms. The zero-order valence-electron chi connectivity index (χ0n) is 12.6. The predicted molar refractivity (Wildman–Crippen MR) is 88.8 cm³/mol. The van der Waals surface area contributed by atoms with Gasteiger partial charge in [-0.05, 0) is 50.5 Å². The Labute approximate surface area is 126 Å². The molecule has 0 aromatic heterocycles. The maximum absolute atomic E-state index is 5.97. The van der Waals surface area contributed by atoms with E-state index in [0.717, 1.165) is 6.42 Å². The second-order valence-electron chi connectivity index (χ2n) is 5.77. The SMILES string of the molecule is CCCCCC(C)(CN)Nc1cc(C)c(Br)c(C)c1. The normalized spacial score (nSPS) is 14.2. The third kappa shape index (κ3) is 4.81. The molecular formula is C16H27BrN2. The van der Waals surface area contributed by atoms with E-state index in [1.165, 1.54) is 40.5 Å². The van der Waals surface area contributed by atoms with Crippen LogP contribution in [0.25, 0.3) is 0 Å². The molecule has 0 radical (unpaired) electrons. The Morgan fingerprint density at radius 2 is 1.79 bits per heavy atom. The number of halogens is 1. The van der Waals surface area contributed by atoms with Crippen molar-refractivity contribution in [1.82, 2.24) is 0 Å². The molecule has 0 saturated heterocycles. The zero-order chi connectivity index (χ0) is 14.5. The van der Waals surface area contributed by atoms with Gasteiger partial charge in [0, 0.05) is 22.2 Å². The summed E-state index contributed by atoms with van der Waals surface area (Å²) in [4.78, 5) is 0. The lowest BCUT2D eigenvalue weighted by Crippen LogP contribution is -2.42. The van der Waals surface area contributed by atoms with Gasteiger partial charge >= 0.3 is 0 Å². The fourth-order valence-electron chi connectivity index (χ4n) is 2.35. The van der Waals surface area contributed by atoms with Gasteiger partial charge in [0.1, 0.15) is 0 Å². The average molecular weight is 327 g/mol. The quantitative estimate of drug-likeness (QED) is 0.708. The van der Waals surface area contributed by atoms with Crippen LogP contribution in [0.4, 0.5) is 5.69 Å². The van der Waals surface area contributed by atoms with Crippen LogP contribution in [0.15, 0.2) is 16.6 Å². The minimum absolute atomic E-state index is 0.0120. The number of hydrogen-bond donors (Lipinski definition) is 2. The van der Waals surface area contributed by atoms with E-state index in [-0.39, 0.29) is 5.54 Å². The summed E-state index contributed by atoms with van der Waals surface area (Å²) in [5, 5.41) is 3.63. The minimum Gasteiger partial charge on any atom is -0.379 e.